The molecule has 5 rings (SSSR count). The highest BCUT2D eigenvalue weighted by atomic mass is 16.5. The quantitative estimate of drug-likeness (QED) is 0.566. The zero-order valence-electron chi connectivity index (χ0n) is 20.4. The van der Waals surface area contributed by atoms with Crippen molar-refractivity contribution in [3.05, 3.63) is 83.9 Å². The number of amides is 1. The van der Waals surface area contributed by atoms with Gasteiger partial charge in [0.25, 0.3) is 0 Å². The lowest BCUT2D eigenvalue weighted by molar-refractivity contribution is -0.125. The summed E-state index contributed by atoms with van der Waals surface area (Å²) in [6, 6.07) is 24.8. The van der Waals surface area contributed by atoms with E-state index < -0.39 is 0 Å². The van der Waals surface area contributed by atoms with E-state index in [1.165, 1.54) is 16.8 Å². The predicted molar refractivity (Wildman–Crippen MR) is 140 cm³/mol. The Morgan fingerprint density at radius 2 is 1.69 bits per heavy atom. The zero-order valence-corrected chi connectivity index (χ0v) is 20.4. The van der Waals surface area contributed by atoms with Gasteiger partial charge in [0.15, 0.2) is 0 Å². The zero-order chi connectivity index (χ0) is 24.2. The molecular formula is C29H33N3O3. The molecule has 182 valence electrons. The molecule has 1 N–H and O–H groups in total. The molecule has 2 aliphatic rings. The Labute approximate surface area is 207 Å². The van der Waals surface area contributed by atoms with Gasteiger partial charge in [-0.2, -0.15) is 0 Å². The molecule has 1 amide bonds. The van der Waals surface area contributed by atoms with E-state index >= 15 is 0 Å². The average molecular weight is 472 g/mol. The van der Waals surface area contributed by atoms with Gasteiger partial charge in [-0.1, -0.05) is 36.4 Å². The number of ether oxygens (including phenoxy) is 2. The van der Waals surface area contributed by atoms with Gasteiger partial charge in [0.1, 0.15) is 11.5 Å². The number of benzene rings is 3. The van der Waals surface area contributed by atoms with Crippen LogP contribution in [-0.2, 0) is 17.6 Å². The monoisotopic (exact) mass is 471 g/mol. The number of anilines is 2. The van der Waals surface area contributed by atoms with Crippen molar-refractivity contribution in [1.29, 1.82) is 0 Å². The molecule has 1 saturated heterocycles. The molecule has 3 aromatic rings. The van der Waals surface area contributed by atoms with Gasteiger partial charge in [0.05, 0.1) is 26.2 Å². The molecule has 1 fully saturated rings. The maximum absolute atomic E-state index is 13.5. The molecule has 2 aliphatic heterocycles. The summed E-state index contributed by atoms with van der Waals surface area (Å²) in [4.78, 5) is 18.3. The van der Waals surface area contributed by atoms with E-state index in [0.29, 0.717) is 6.54 Å². The number of carbonyl (C=O) groups excluding carboxylic acids is 1. The van der Waals surface area contributed by atoms with Crippen molar-refractivity contribution in [3.8, 4) is 11.5 Å². The van der Waals surface area contributed by atoms with Crippen LogP contribution in [0.25, 0.3) is 0 Å². The molecule has 3 aromatic carbocycles. The highest BCUT2D eigenvalue weighted by molar-refractivity contribution is 5.82. The number of hydrogen-bond acceptors (Lipinski definition) is 5. The van der Waals surface area contributed by atoms with Crippen molar-refractivity contribution < 1.29 is 14.3 Å². The summed E-state index contributed by atoms with van der Waals surface area (Å²) >= 11 is 0. The van der Waals surface area contributed by atoms with E-state index in [1.54, 1.807) is 14.2 Å². The predicted octanol–water partition coefficient (Wildman–Crippen LogP) is 3.93. The highest BCUT2D eigenvalue weighted by Gasteiger charge is 2.41. The van der Waals surface area contributed by atoms with Crippen molar-refractivity contribution in [2.75, 3.05) is 50.2 Å². The van der Waals surface area contributed by atoms with Crippen molar-refractivity contribution >= 4 is 17.3 Å². The molecule has 35 heavy (non-hydrogen) atoms. The van der Waals surface area contributed by atoms with E-state index in [-0.39, 0.29) is 17.9 Å². The fourth-order valence-electron chi connectivity index (χ4n) is 5.34. The van der Waals surface area contributed by atoms with Gasteiger partial charge in [-0.15, -0.1) is 0 Å². The Morgan fingerprint density at radius 1 is 0.943 bits per heavy atom. The van der Waals surface area contributed by atoms with Gasteiger partial charge in [-0.25, -0.2) is 0 Å². The lowest BCUT2D eigenvalue weighted by Gasteiger charge is -2.49. The van der Waals surface area contributed by atoms with Crippen LogP contribution < -0.4 is 24.6 Å². The Hall–Kier alpha value is -3.67. The number of nitrogens with one attached hydrogen (secondary N) is 1. The van der Waals surface area contributed by atoms with Gasteiger partial charge >= 0.3 is 0 Å². The van der Waals surface area contributed by atoms with Crippen LogP contribution in [0.5, 0.6) is 11.5 Å². The fraction of sp³-hybridized carbons (Fsp3) is 0.345. The third-order valence-corrected chi connectivity index (χ3v) is 7.25. The second kappa shape index (κ2) is 10.3. The SMILES string of the molecule is COc1ccc(N2CCN3c4cc(OC)ccc4C[C@H](C(=O)NCCc4ccccc4)[C@@H]3C2)cc1. The molecule has 0 unspecified atom stereocenters. The molecule has 0 saturated carbocycles. The molecule has 0 bridgehead atoms. The smallest absolute Gasteiger partial charge is 0.225 e. The van der Waals surface area contributed by atoms with E-state index in [2.05, 4.69) is 51.5 Å². The molecular weight excluding hydrogens is 438 g/mol. The van der Waals surface area contributed by atoms with Crippen LogP contribution in [0, 0.1) is 5.92 Å². The van der Waals surface area contributed by atoms with E-state index in [1.807, 2.05) is 36.4 Å². The third-order valence-electron chi connectivity index (χ3n) is 7.25. The first kappa shape index (κ1) is 23.1. The molecule has 0 aromatic heterocycles. The van der Waals surface area contributed by atoms with E-state index in [0.717, 1.165) is 49.7 Å². The lowest BCUT2D eigenvalue weighted by atomic mass is 9.83. The second-order valence-electron chi connectivity index (χ2n) is 9.24. The Bertz CT molecular complexity index is 1150. The first-order chi connectivity index (χ1) is 17.2. The summed E-state index contributed by atoms with van der Waals surface area (Å²) in [6.07, 6.45) is 1.56. The largest absolute Gasteiger partial charge is 0.497 e. The highest BCUT2D eigenvalue weighted by Crippen LogP contribution is 2.39. The van der Waals surface area contributed by atoms with Crippen LogP contribution in [0.4, 0.5) is 11.4 Å². The summed E-state index contributed by atoms with van der Waals surface area (Å²) in [6.45, 7) is 3.18. The maximum atomic E-state index is 13.5. The number of nitrogens with zero attached hydrogens (tertiary/aromatic N) is 2. The molecule has 0 aliphatic carbocycles. The second-order valence-corrected chi connectivity index (χ2v) is 9.24. The van der Waals surface area contributed by atoms with Gasteiger partial charge in [-0.3, -0.25) is 4.79 Å². The number of hydrogen-bond donors (Lipinski definition) is 1. The summed E-state index contributed by atoms with van der Waals surface area (Å²) in [5, 5.41) is 3.23. The lowest BCUT2D eigenvalue weighted by Crippen LogP contribution is -2.61. The van der Waals surface area contributed by atoms with E-state index in [9.17, 15) is 4.79 Å². The van der Waals surface area contributed by atoms with Crippen molar-refractivity contribution in [1.82, 2.24) is 5.32 Å². The van der Waals surface area contributed by atoms with Crippen LogP contribution in [0.3, 0.4) is 0 Å². The minimum absolute atomic E-state index is 0.0854. The minimum Gasteiger partial charge on any atom is -0.497 e. The molecule has 2 atom stereocenters. The van der Waals surface area contributed by atoms with Gasteiger partial charge in [0.2, 0.25) is 5.91 Å². The minimum atomic E-state index is -0.118. The summed E-state index contributed by atoms with van der Waals surface area (Å²) < 4.78 is 10.8. The summed E-state index contributed by atoms with van der Waals surface area (Å²) in [5.74, 6) is 1.72. The van der Waals surface area contributed by atoms with E-state index in [4.69, 9.17) is 9.47 Å². The van der Waals surface area contributed by atoms with Crippen molar-refractivity contribution in [3.63, 3.8) is 0 Å². The molecule has 0 spiro atoms. The summed E-state index contributed by atoms with van der Waals surface area (Å²) in [7, 11) is 3.38. The first-order valence-electron chi connectivity index (χ1n) is 12.3. The average Bonchev–Trinajstić information content (AvgIpc) is 2.92. The fourth-order valence-corrected chi connectivity index (χ4v) is 5.34. The molecule has 6 heteroatoms. The van der Waals surface area contributed by atoms with Crippen molar-refractivity contribution in [2.45, 2.75) is 18.9 Å². The van der Waals surface area contributed by atoms with Crippen LogP contribution >= 0.6 is 0 Å². The van der Waals surface area contributed by atoms with Crippen LogP contribution in [0.15, 0.2) is 72.8 Å². The van der Waals surface area contributed by atoms with Crippen LogP contribution in [0.2, 0.25) is 0 Å². The number of carbonyl (C=O) groups is 1. The molecule has 6 nitrogen and oxygen atoms in total. The summed E-state index contributed by atoms with van der Waals surface area (Å²) in [5.41, 5.74) is 4.80. The Kier molecular flexibility index (Phi) is 6.80. The maximum Gasteiger partial charge on any atom is 0.225 e. The topological polar surface area (TPSA) is 54.0 Å². The van der Waals surface area contributed by atoms with Gasteiger partial charge in [-0.05, 0) is 54.3 Å². The standard InChI is InChI=1S/C29H33N3O3/c1-34-24-12-9-23(10-13-24)31-16-17-32-27-19-25(35-2)11-8-22(27)18-26(28(32)20-31)29(33)30-15-14-21-6-4-3-5-7-21/h3-13,19,26,28H,14-18,20H2,1-2H3,(H,30,33)/t26-,28-/m0/s1. The molecule has 0 radical (unpaired) electrons. The number of methoxy groups -OCH3 is 2. The van der Waals surface area contributed by atoms with Crippen LogP contribution in [0.1, 0.15) is 11.1 Å². The normalized spacial score (nSPS) is 18.9. The third kappa shape index (κ3) is 4.92. The number of rotatable bonds is 7. The van der Waals surface area contributed by atoms with Gasteiger partial charge in [0, 0.05) is 43.6 Å². The first-order valence-corrected chi connectivity index (χ1v) is 12.3. The molecule has 2 heterocycles. The number of fused-ring (bicyclic) bond motifs is 3. The number of piperazine rings is 1. The van der Waals surface area contributed by atoms with Gasteiger partial charge < -0.3 is 24.6 Å². The Balaban J connectivity index is 1.36. The van der Waals surface area contributed by atoms with Crippen molar-refractivity contribution in [2.24, 2.45) is 5.92 Å². The van der Waals surface area contributed by atoms with Crippen LogP contribution in [-0.4, -0.2) is 52.3 Å². The Morgan fingerprint density at radius 3 is 2.43 bits per heavy atom.